The Labute approximate surface area is 142 Å². The first kappa shape index (κ1) is 15.7. The summed E-state index contributed by atoms with van der Waals surface area (Å²) in [6.45, 7) is 4.43. The van der Waals surface area contributed by atoms with Crippen LogP contribution in [0.25, 0.3) is 0 Å². The molecule has 2 fully saturated rings. The highest BCUT2D eigenvalue weighted by Crippen LogP contribution is 2.63. The van der Waals surface area contributed by atoms with Crippen LogP contribution in [0.3, 0.4) is 0 Å². The molecule has 0 bridgehead atoms. The van der Waals surface area contributed by atoms with Crippen LogP contribution in [0.15, 0.2) is 35.5 Å². The van der Waals surface area contributed by atoms with Gasteiger partial charge in [0.15, 0.2) is 17.9 Å². The monoisotopic (exact) mass is 324 g/mol. The van der Waals surface area contributed by atoms with Crippen LogP contribution in [-0.4, -0.2) is 17.9 Å². The van der Waals surface area contributed by atoms with Crippen molar-refractivity contribution in [2.75, 3.05) is 0 Å². The highest BCUT2D eigenvalue weighted by Gasteiger charge is 2.56. The molecule has 4 aliphatic carbocycles. The molecule has 0 aromatic rings. The smallest absolute Gasteiger partial charge is 0.198 e. The van der Waals surface area contributed by atoms with Gasteiger partial charge in [0.2, 0.25) is 0 Å². The highest BCUT2D eigenvalue weighted by atomic mass is 16.2. The third-order valence-electron chi connectivity index (χ3n) is 7.40. The zero-order chi connectivity index (χ0) is 17.1. The number of hydrogen-bond acceptors (Lipinski definition) is 3. The molecule has 4 aliphatic rings. The molecule has 5 atom stereocenters. The standard InChI is InChI=1S/C21H24O3/c1-20-9-7-14(23)11-13(20)3-4-15-16-5-6-18(19(24)12-22)21(16,2)10-8-17(15)20/h7-9,11-12,15-16,18H,3-6,10H2,1-2H3/t15-,16-,18?,20-,21-/m0/s1. The average Bonchev–Trinajstić information content (AvgIpc) is 2.92. The first-order valence-corrected chi connectivity index (χ1v) is 9.04. The summed E-state index contributed by atoms with van der Waals surface area (Å²) >= 11 is 0. The van der Waals surface area contributed by atoms with Gasteiger partial charge in [-0.2, -0.15) is 0 Å². The molecule has 4 rings (SSSR count). The van der Waals surface area contributed by atoms with Crippen molar-refractivity contribution in [2.45, 2.75) is 46.0 Å². The zero-order valence-corrected chi connectivity index (χ0v) is 14.4. The molecule has 3 heteroatoms. The summed E-state index contributed by atoms with van der Waals surface area (Å²) in [5, 5.41) is 0. The third kappa shape index (κ3) is 1.93. The molecule has 2 saturated carbocycles. The molecular weight excluding hydrogens is 300 g/mol. The van der Waals surface area contributed by atoms with Gasteiger partial charge in [-0.15, -0.1) is 0 Å². The second kappa shape index (κ2) is 5.11. The topological polar surface area (TPSA) is 51.2 Å². The van der Waals surface area contributed by atoms with Gasteiger partial charge >= 0.3 is 0 Å². The van der Waals surface area contributed by atoms with E-state index in [1.807, 2.05) is 6.08 Å². The SMILES string of the molecule is C[C@]12C=CC(=O)C=C1CC[C@@H]1C2=CC[C@]2(C)C(C(=O)C=O)CC[C@@H]12. The van der Waals surface area contributed by atoms with Crippen molar-refractivity contribution in [3.8, 4) is 0 Å². The predicted molar refractivity (Wildman–Crippen MR) is 91.2 cm³/mol. The van der Waals surface area contributed by atoms with Crippen LogP contribution < -0.4 is 0 Å². The molecule has 0 heterocycles. The van der Waals surface area contributed by atoms with Gasteiger partial charge in [-0.1, -0.05) is 30.2 Å². The molecule has 0 aromatic carbocycles. The van der Waals surface area contributed by atoms with Crippen LogP contribution >= 0.6 is 0 Å². The van der Waals surface area contributed by atoms with Gasteiger partial charge in [-0.25, -0.2) is 0 Å². The fourth-order valence-electron chi connectivity index (χ4n) is 6.07. The van der Waals surface area contributed by atoms with Crippen LogP contribution in [0.1, 0.15) is 46.0 Å². The lowest BCUT2D eigenvalue weighted by molar-refractivity contribution is -0.135. The number of carbonyl (C=O) groups excluding carboxylic acids is 3. The fraction of sp³-hybridized carbons (Fsp3) is 0.571. The molecule has 24 heavy (non-hydrogen) atoms. The van der Waals surface area contributed by atoms with Gasteiger partial charge in [0, 0.05) is 11.3 Å². The average molecular weight is 324 g/mol. The first-order valence-electron chi connectivity index (χ1n) is 9.04. The van der Waals surface area contributed by atoms with E-state index in [-0.39, 0.29) is 28.3 Å². The van der Waals surface area contributed by atoms with Crippen molar-refractivity contribution in [3.05, 3.63) is 35.5 Å². The van der Waals surface area contributed by atoms with E-state index in [0.717, 1.165) is 32.1 Å². The van der Waals surface area contributed by atoms with Crippen LogP contribution in [0, 0.1) is 28.6 Å². The molecule has 0 amide bonds. The number of aldehydes is 1. The second-order valence-corrected chi connectivity index (χ2v) is 8.38. The summed E-state index contributed by atoms with van der Waals surface area (Å²) in [6.07, 6.45) is 13.2. The molecule has 0 saturated heterocycles. The molecule has 0 radical (unpaired) electrons. The quantitative estimate of drug-likeness (QED) is 0.443. The summed E-state index contributed by atoms with van der Waals surface area (Å²) < 4.78 is 0. The lowest BCUT2D eigenvalue weighted by Crippen LogP contribution is -2.44. The lowest BCUT2D eigenvalue weighted by atomic mass is 9.52. The van der Waals surface area contributed by atoms with E-state index >= 15 is 0 Å². The Morgan fingerprint density at radius 3 is 2.79 bits per heavy atom. The summed E-state index contributed by atoms with van der Waals surface area (Å²) in [5.41, 5.74) is 2.45. The minimum Gasteiger partial charge on any atom is -0.295 e. The van der Waals surface area contributed by atoms with E-state index in [4.69, 9.17) is 0 Å². The second-order valence-electron chi connectivity index (χ2n) is 8.38. The first-order chi connectivity index (χ1) is 11.4. The van der Waals surface area contributed by atoms with E-state index < -0.39 is 0 Å². The van der Waals surface area contributed by atoms with E-state index in [1.165, 1.54) is 11.1 Å². The van der Waals surface area contributed by atoms with E-state index in [1.54, 1.807) is 6.08 Å². The minimum absolute atomic E-state index is 0.0854. The normalized spacial score (nSPS) is 43.2. The van der Waals surface area contributed by atoms with Crippen molar-refractivity contribution in [1.29, 1.82) is 0 Å². The summed E-state index contributed by atoms with van der Waals surface area (Å²) in [7, 11) is 0. The summed E-state index contributed by atoms with van der Waals surface area (Å²) in [5.74, 6) is 0.692. The van der Waals surface area contributed by atoms with Gasteiger partial charge in [-0.05, 0) is 68.4 Å². The number of allylic oxidation sites excluding steroid dienone is 6. The number of rotatable bonds is 2. The lowest BCUT2D eigenvalue weighted by Gasteiger charge is -2.52. The fourth-order valence-corrected chi connectivity index (χ4v) is 6.07. The van der Waals surface area contributed by atoms with Gasteiger partial charge < -0.3 is 0 Å². The molecule has 1 unspecified atom stereocenters. The predicted octanol–water partition coefficient (Wildman–Crippen LogP) is 3.60. The van der Waals surface area contributed by atoms with Crippen molar-refractivity contribution < 1.29 is 14.4 Å². The summed E-state index contributed by atoms with van der Waals surface area (Å²) in [4.78, 5) is 34.9. The van der Waals surface area contributed by atoms with Crippen molar-refractivity contribution in [3.63, 3.8) is 0 Å². The number of ketones is 2. The number of Topliss-reactive ketones (excluding diaryl/α,β-unsaturated/α-hetero) is 1. The minimum atomic E-state index is -0.220. The molecule has 126 valence electrons. The molecular formula is C21H24O3. The van der Waals surface area contributed by atoms with Crippen molar-refractivity contribution in [1.82, 2.24) is 0 Å². The maximum Gasteiger partial charge on any atom is 0.198 e. The Kier molecular flexibility index (Phi) is 3.35. The zero-order valence-electron chi connectivity index (χ0n) is 14.4. The Bertz CT molecular complexity index is 725. The highest BCUT2D eigenvalue weighted by molar-refractivity contribution is 6.26. The van der Waals surface area contributed by atoms with Crippen molar-refractivity contribution >= 4 is 17.9 Å². The molecule has 0 aliphatic heterocycles. The van der Waals surface area contributed by atoms with Crippen LogP contribution in [0.4, 0.5) is 0 Å². The van der Waals surface area contributed by atoms with Crippen molar-refractivity contribution in [2.24, 2.45) is 28.6 Å². The molecule has 0 spiro atoms. The summed E-state index contributed by atoms with van der Waals surface area (Å²) in [6, 6.07) is 0. The number of fused-ring (bicyclic) bond motifs is 5. The Morgan fingerprint density at radius 1 is 1.25 bits per heavy atom. The van der Waals surface area contributed by atoms with Crippen LogP contribution in [0.5, 0.6) is 0 Å². The molecule has 0 aromatic heterocycles. The van der Waals surface area contributed by atoms with E-state index in [2.05, 4.69) is 26.0 Å². The number of carbonyl (C=O) groups is 3. The van der Waals surface area contributed by atoms with Crippen LogP contribution in [-0.2, 0) is 14.4 Å². The third-order valence-corrected chi connectivity index (χ3v) is 7.40. The van der Waals surface area contributed by atoms with Gasteiger partial charge in [0.1, 0.15) is 0 Å². The number of hydrogen-bond donors (Lipinski definition) is 0. The van der Waals surface area contributed by atoms with E-state index in [0.29, 0.717) is 18.1 Å². The Balaban J connectivity index is 1.74. The Hall–Kier alpha value is -1.77. The Morgan fingerprint density at radius 2 is 2.04 bits per heavy atom. The van der Waals surface area contributed by atoms with Gasteiger partial charge in [0.25, 0.3) is 0 Å². The van der Waals surface area contributed by atoms with Crippen LogP contribution in [0.2, 0.25) is 0 Å². The molecule has 3 nitrogen and oxygen atoms in total. The van der Waals surface area contributed by atoms with Gasteiger partial charge in [0.05, 0.1) is 0 Å². The maximum absolute atomic E-state index is 12.1. The van der Waals surface area contributed by atoms with E-state index in [9.17, 15) is 14.4 Å². The van der Waals surface area contributed by atoms with Gasteiger partial charge in [-0.3, -0.25) is 14.4 Å². The largest absolute Gasteiger partial charge is 0.295 e. The molecule has 0 N–H and O–H groups in total. The maximum atomic E-state index is 12.1.